The summed E-state index contributed by atoms with van der Waals surface area (Å²) in [4.78, 5) is 49.7. The predicted octanol–water partition coefficient (Wildman–Crippen LogP) is 6.32. The van der Waals surface area contributed by atoms with Crippen molar-refractivity contribution in [1.82, 2.24) is 19.6 Å². The zero-order valence-electron chi connectivity index (χ0n) is 31.5. The van der Waals surface area contributed by atoms with E-state index in [2.05, 4.69) is 4.90 Å². The number of phenols is 1. The zero-order chi connectivity index (χ0) is 39.5. The van der Waals surface area contributed by atoms with Crippen molar-refractivity contribution in [3.8, 4) is 5.75 Å². The standard InChI is InChI=1S/C43H48F3N5O4/c1-32(52)49-24-26-50(27-25-49)38-19-14-35(15-20-38)31-51(41(54)21-16-33-12-17-37(18-13-33)43(44,45)46)40(29-34-8-5-4-6-9-34)42(55)48(3)23-22-47(2)30-36-10-7-11-39(53)28-36/h4-21,28,40,53H,22-27,29-31H2,1-3H3/t40-/m0/s1. The van der Waals surface area contributed by atoms with Gasteiger partial charge in [0.25, 0.3) is 0 Å². The maximum atomic E-state index is 14.5. The van der Waals surface area contributed by atoms with Crippen molar-refractivity contribution in [1.29, 1.82) is 0 Å². The Balaban J connectivity index is 1.40. The summed E-state index contributed by atoms with van der Waals surface area (Å²) >= 11 is 0. The third-order valence-electron chi connectivity index (χ3n) is 9.81. The number of rotatable bonds is 14. The molecule has 0 unspecified atom stereocenters. The molecule has 1 atom stereocenters. The molecule has 1 N–H and O–H groups in total. The Bertz CT molecular complexity index is 1910. The molecule has 0 spiro atoms. The minimum atomic E-state index is -4.48. The molecule has 0 aromatic heterocycles. The maximum absolute atomic E-state index is 14.5. The first-order chi connectivity index (χ1) is 26.3. The summed E-state index contributed by atoms with van der Waals surface area (Å²) in [5, 5.41) is 9.88. The van der Waals surface area contributed by atoms with Crippen LogP contribution in [0.1, 0.15) is 34.7 Å². The molecule has 1 aliphatic rings. The molecule has 1 fully saturated rings. The van der Waals surface area contributed by atoms with E-state index < -0.39 is 23.7 Å². The lowest BCUT2D eigenvalue weighted by Gasteiger charge is -2.36. The Morgan fingerprint density at radius 3 is 2.05 bits per heavy atom. The summed E-state index contributed by atoms with van der Waals surface area (Å²) in [6.07, 6.45) is -1.48. The highest BCUT2D eigenvalue weighted by Crippen LogP contribution is 2.29. The molecule has 0 radical (unpaired) electrons. The lowest BCUT2D eigenvalue weighted by Crippen LogP contribution is -2.51. The fourth-order valence-corrected chi connectivity index (χ4v) is 6.58. The van der Waals surface area contributed by atoms with Crippen LogP contribution in [0.3, 0.4) is 0 Å². The average molecular weight is 756 g/mol. The quantitative estimate of drug-likeness (QED) is 0.152. The van der Waals surface area contributed by atoms with Crippen molar-refractivity contribution in [2.75, 3.05) is 58.3 Å². The maximum Gasteiger partial charge on any atom is 0.416 e. The molecule has 55 heavy (non-hydrogen) atoms. The van der Waals surface area contributed by atoms with Crippen molar-refractivity contribution < 1.29 is 32.7 Å². The number of carbonyl (C=O) groups excluding carboxylic acids is 3. The Hall–Kier alpha value is -5.62. The van der Waals surface area contributed by atoms with Gasteiger partial charge in [-0.25, -0.2) is 0 Å². The molecule has 1 heterocycles. The number of likely N-dealkylation sites (N-methyl/N-ethyl adjacent to an activating group) is 2. The van der Waals surface area contributed by atoms with Gasteiger partial charge in [-0.3, -0.25) is 14.4 Å². The normalized spacial score (nSPS) is 13.9. The number of halogens is 3. The fourth-order valence-electron chi connectivity index (χ4n) is 6.58. The summed E-state index contributed by atoms with van der Waals surface area (Å²) in [6.45, 7) is 5.78. The van der Waals surface area contributed by atoms with E-state index >= 15 is 0 Å². The summed E-state index contributed by atoms with van der Waals surface area (Å²) in [5.41, 5.74) is 3.19. The number of aromatic hydroxyl groups is 1. The third kappa shape index (κ3) is 11.7. The number of nitrogens with zero attached hydrogens (tertiary/aromatic N) is 5. The van der Waals surface area contributed by atoms with Gasteiger partial charge in [0.05, 0.1) is 5.56 Å². The van der Waals surface area contributed by atoms with E-state index in [9.17, 15) is 32.7 Å². The second-order valence-electron chi connectivity index (χ2n) is 14.0. The predicted molar refractivity (Wildman–Crippen MR) is 208 cm³/mol. The zero-order valence-corrected chi connectivity index (χ0v) is 31.5. The van der Waals surface area contributed by atoms with Crippen molar-refractivity contribution in [3.63, 3.8) is 0 Å². The highest BCUT2D eigenvalue weighted by atomic mass is 19.4. The monoisotopic (exact) mass is 755 g/mol. The smallest absolute Gasteiger partial charge is 0.416 e. The van der Waals surface area contributed by atoms with Crippen LogP contribution in [0.2, 0.25) is 0 Å². The summed E-state index contributed by atoms with van der Waals surface area (Å²) < 4.78 is 39.6. The largest absolute Gasteiger partial charge is 0.508 e. The highest BCUT2D eigenvalue weighted by molar-refractivity contribution is 5.95. The van der Waals surface area contributed by atoms with Crippen LogP contribution in [0, 0.1) is 0 Å². The van der Waals surface area contributed by atoms with Gasteiger partial charge in [0.15, 0.2) is 0 Å². The van der Waals surface area contributed by atoms with Gasteiger partial charge in [-0.2, -0.15) is 13.2 Å². The van der Waals surface area contributed by atoms with Gasteiger partial charge in [-0.15, -0.1) is 0 Å². The minimum Gasteiger partial charge on any atom is -0.508 e. The van der Waals surface area contributed by atoms with E-state index in [1.165, 1.54) is 29.2 Å². The van der Waals surface area contributed by atoms with E-state index in [-0.39, 0.29) is 30.5 Å². The van der Waals surface area contributed by atoms with E-state index in [0.717, 1.165) is 34.5 Å². The van der Waals surface area contributed by atoms with Crippen LogP contribution in [0.4, 0.5) is 18.9 Å². The summed E-state index contributed by atoms with van der Waals surface area (Å²) in [7, 11) is 3.64. The van der Waals surface area contributed by atoms with Gasteiger partial charge in [0.2, 0.25) is 17.7 Å². The topological polar surface area (TPSA) is 87.6 Å². The van der Waals surface area contributed by atoms with E-state index in [4.69, 9.17) is 0 Å². The first-order valence-electron chi connectivity index (χ1n) is 18.3. The SMILES string of the molecule is CC(=O)N1CCN(c2ccc(CN(C(=O)C=Cc3ccc(C(F)(F)F)cc3)[C@@H](Cc3ccccc3)C(=O)N(C)CCN(C)Cc3cccc(O)c3)cc2)CC1. The molecular weight excluding hydrogens is 707 g/mol. The first kappa shape index (κ1) is 40.6. The average Bonchev–Trinajstić information content (AvgIpc) is 3.17. The van der Waals surface area contributed by atoms with Crippen LogP contribution in [0.15, 0.2) is 109 Å². The number of hydrogen-bond donors (Lipinski definition) is 1. The Kier molecular flexibility index (Phi) is 13.7. The van der Waals surface area contributed by atoms with Crippen molar-refractivity contribution in [2.45, 2.75) is 38.7 Å². The summed E-state index contributed by atoms with van der Waals surface area (Å²) in [5.74, 6) is -0.488. The van der Waals surface area contributed by atoms with Gasteiger partial charge in [0.1, 0.15) is 11.8 Å². The van der Waals surface area contributed by atoms with Crippen molar-refractivity contribution in [3.05, 3.63) is 137 Å². The van der Waals surface area contributed by atoms with Crippen LogP contribution >= 0.6 is 0 Å². The third-order valence-corrected chi connectivity index (χ3v) is 9.81. The van der Waals surface area contributed by atoms with Gasteiger partial charge < -0.3 is 29.6 Å². The molecule has 4 aromatic rings. The molecule has 12 heteroatoms. The van der Waals surface area contributed by atoms with Crippen LogP contribution in [-0.2, 0) is 40.1 Å². The van der Waals surface area contributed by atoms with Crippen LogP contribution < -0.4 is 4.90 Å². The molecule has 9 nitrogen and oxygen atoms in total. The second kappa shape index (κ2) is 18.6. The minimum absolute atomic E-state index is 0.0535. The lowest BCUT2D eigenvalue weighted by molar-refractivity contribution is -0.143. The number of carbonyl (C=O) groups is 3. The fraction of sp³-hybridized carbons (Fsp3) is 0.326. The van der Waals surface area contributed by atoms with Gasteiger partial charge >= 0.3 is 6.18 Å². The van der Waals surface area contributed by atoms with E-state index in [1.807, 2.05) is 77.5 Å². The summed E-state index contributed by atoms with van der Waals surface area (Å²) in [6, 6.07) is 27.9. The van der Waals surface area contributed by atoms with Gasteiger partial charge in [-0.05, 0) is 71.8 Å². The van der Waals surface area contributed by atoms with Crippen LogP contribution in [0.25, 0.3) is 6.08 Å². The number of alkyl halides is 3. The molecule has 0 saturated carbocycles. The molecular formula is C43H48F3N5O4. The first-order valence-corrected chi connectivity index (χ1v) is 18.3. The number of hydrogen-bond acceptors (Lipinski definition) is 6. The molecule has 4 aromatic carbocycles. The van der Waals surface area contributed by atoms with Gasteiger partial charge in [-0.1, -0.05) is 66.7 Å². The molecule has 0 bridgehead atoms. The Morgan fingerprint density at radius 2 is 1.44 bits per heavy atom. The lowest BCUT2D eigenvalue weighted by atomic mass is 10.0. The molecule has 0 aliphatic carbocycles. The van der Waals surface area contributed by atoms with Crippen LogP contribution in [0.5, 0.6) is 5.75 Å². The van der Waals surface area contributed by atoms with E-state index in [1.54, 1.807) is 37.1 Å². The molecule has 290 valence electrons. The van der Waals surface area contributed by atoms with Gasteiger partial charge in [0, 0.05) is 84.5 Å². The Morgan fingerprint density at radius 1 is 0.782 bits per heavy atom. The van der Waals surface area contributed by atoms with Crippen molar-refractivity contribution >= 4 is 29.5 Å². The molecule has 1 aliphatic heterocycles. The van der Waals surface area contributed by atoms with Crippen molar-refractivity contribution in [2.24, 2.45) is 0 Å². The number of anilines is 1. The number of piperazine rings is 1. The number of amides is 3. The van der Waals surface area contributed by atoms with Crippen LogP contribution in [-0.4, -0.2) is 102 Å². The molecule has 5 rings (SSSR count). The second-order valence-corrected chi connectivity index (χ2v) is 14.0. The molecule has 1 saturated heterocycles. The van der Waals surface area contributed by atoms with E-state index in [0.29, 0.717) is 51.4 Å². The Labute approximate surface area is 320 Å². The highest BCUT2D eigenvalue weighted by Gasteiger charge is 2.32. The molecule has 3 amide bonds. The number of phenolic OH excluding ortho intramolecular Hbond substituents is 1. The number of benzene rings is 4.